The van der Waals surface area contributed by atoms with Crippen LogP contribution >= 0.6 is 0 Å². The Morgan fingerprint density at radius 2 is 1.11 bits per heavy atom. The van der Waals surface area contributed by atoms with Crippen LogP contribution in [-0.4, -0.2) is 49.3 Å². The Bertz CT molecular complexity index is 188. The maximum atomic E-state index is 9.94. The fourth-order valence-corrected chi connectivity index (χ4v) is 1.16. The zero-order chi connectivity index (χ0) is 14.2. The lowest BCUT2D eigenvalue weighted by Gasteiger charge is -1.94. The van der Waals surface area contributed by atoms with Crippen molar-refractivity contribution in [2.75, 3.05) is 27.2 Å². The third-order valence-corrected chi connectivity index (χ3v) is 2.13. The Morgan fingerprint density at radius 3 is 1.33 bits per heavy atom. The van der Waals surface area contributed by atoms with Gasteiger partial charge in [0.05, 0.1) is 0 Å². The van der Waals surface area contributed by atoms with Gasteiger partial charge in [0.15, 0.2) is 0 Å². The van der Waals surface area contributed by atoms with Gasteiger partial charge in [-0.1, -0.05) is 0 Å². The average Bonchev–Trinajstić information content (AvgIpc) is 2.31. The molecule has 0 aromatic heterocycles. The van der Waals surface area contributed by atoms with Crippen LogP contribution in [0.3, 0.4) is 0 Å². The van der Waals surface area contributed by atoms with Crippen molar-refractivity contribution in [2.24, 2.45) is 0 Å². The van der Waals surface area contributed by atoms with Gasteiger partial charge in [0.25, 0.3) is 0 Å². The molecular formula is C12H26N2O4. The first kappa shape index (κ1) is 19.2. The summed E-state index contributed by atoms with van der Waals surface area (Å²) < 4.78 is 0. The van der Waals surface area contributed by atoms with Crippen molar-refractivity contribution in [1.29, 1.82) is 0 Å². The van der Waals surface area contributed by atoms with Gasteiger partial charge in [0.1, 0.15) is 0 Å². The van der Waals surface area contributed by atoms with Crippen LogP contribution in [0.2, 0.25) is 0 Å². The molecule has 0 aromatic rings. The summed E-state index contributed by atoms with van der Waals surface area (Å²) >= 11 is 0. The molecule has 0 saturated carbocycles. The Labute approximate surface area is 109 Å². The topological polar surface area (TPSA) is 98.7 Å². The van der Waals surface area contributed by atoms with Crippen LogP contribution in [-0.2, 0) is 9.59 Å². The number of aliphatic carboxylic acids is 2. The molecule has 0 aliphatic heterocycles. The molecule has 0 heterocycles. The van der Waals surface area contributed by atoms with E-state index in [-0.39, 0.29) is 0 Å². The molecule has 0 atom stereocenters. The molecule has 6 heteroatoms. The summed E-state index contributed by atoms with van der Waals surface area (Å²) in [7, 11) is 3.72. The van der Waals surface area contributed by atoms with Crippen molar-refractivity contribution in [2.45, 2.75) is 38.5 Å². The molecular weight excluding hydrogens is 236 g/mol. The van der Waals surface area contributed by atoms with Crippen LogP contribution in [0, 0.1) is 0 Å². The predicted octanol–water partition coefficient (Wildman–Crippen LogP) is 0.921. The van der Waals surface area contributed by atoms with Crippen molar-refractivity contribution >= 4 is 11.9 Å². The van der Waals surface area contributed by atoms with Gasteiger partial charge < -0.3 is 20.8 Å². The van der Waals surface area contributed by atoms with Crippen molar-refractivity contribution in [3.8, 4) is 0 Å². The van der Waals surface area contributed by atoms with E-state index >= 15 is 0 Å². The lowest BCUT2D eigenvalue weighted by atomic mass is 10.2. The smallest absolute Gasteiger partial charge is 0.303 e. The van der Waals surface area contributed by atoms with E-state index in [2.05, 4.69) is 10.6 Å². The van der Waals surface area contributed by atoms with Gasteiger partial charge in [0, 0.05) is 12.8 Å². The van der Waals surface area contributed by atoms with Gasteiger partial charge in [-0.15, -0.1) is 0 Å². The second kappa shape index (κ2) is 15.9. The number of carboxylic acids is 2. The minimum absolute atomic E-state index is 0.293. The van der Waals surface area contributed by atoms with E-state index in [1.54, 1.807) is 0 Å². The second-order valence-electron chi connectivity index (χ2n) is 3.91. The quantitative estimate of drug-likeness (QED) is 0.437. The fourth-order valence-electron chi connectivity index (χ4n) is 1.16. The number of carbonyl (C=O) groups is 2. The van der Waals surface area contributed by atoms with E-state index < -0.39 is 11.9 Å². The van der Waals surface area contributed by atoms with Gasteiger partial charge >= 0.3 is 11.9 Å². The summed E-state index contributed by atoms with van der Waals surface area (Å²) in [6.07, 6.45) is 4.03. The maximum Gasteiger partial charge on any atom is 0.303 e. The molecule has 4 N–H and O–H groups in total. The normalized spacial score (nSPS) is 9.44. The predicted molar refractivity (Wildman–Crippen MR) is 70.8 cm³/mol. The molecule has 0 radical (unpaired) electrons. The minimum atomic E-state index is -0.703. The van der Waals surface area contributed by atoms with Crippen LogP contribution in [0.4, 0.5) is 0 Å². The third kappa shape index (κ3) is 24.2. The zero-order valence-electron chi connectivity index (χ0n) is 11.4. The number of unbranched alkanes of at least 4 members (excludes halogenated alkanes) is 2. The lowest BCUT2D eigenvalue weighted by molar-refractivity contribution is -0.138. The van der Waals surface area contributed by atoms with E-state index in [0.29, 0.717) is 12.8 Å². The fraction of sp³-hybridized carbons (Fsp3) is 0.833. The summed E-state index contributed by atoms with van der Waals surface area (Å²) in [4.78, 5) is 19.9. The summed E-state index contributed by atoms with van der Waals surface area (Å²) in [5.41, 5.74) is 0. The molecule has 0 rings (SSSR count). The van der Waals surface area contributed by atoms with Crippen molar-refractivity contribution in [3.05, 3.63) is 0 Å². The van der Waals surface area contributed by atoms with Crippen LogP contribution < -0.4 is 10.6 Å². The standard InChI is InChI=1S/2C6H13NO2/c2*1-7-5-3-2-4-6(8)9/h2*7H,2-5H2,1H3,(H,8,9). The Hall–Kier alpha value is -1.14. The maximum absolute atomic E-state index is 9.94. The molecule has 6 nitrogen and oxygen atoms in total. The number of nitrogens with one attached hydrogen (secondary N) is 2. The van der Waals surface area contributed by atoms with Crippen LogP contribution in [0.1, 0.15) is 38.5 Å². The first-order valence-corrected chi connectivity index (χ1v) is 6.27. The number of hydrogen-bond donors (Lipinski definition) is 4. The molecule has 0 amide bonds. The molecule has 18 heavy (non-hydrogen) atoms. The highest BCUT2D eigenvalue weighted by Crippen LogP contribution is 1.92. The molecule has 0 unspecified atom stereocenters. The van der Waals surface area contributed by atoms with Crippen molar-refractivity contribution in [1.82, 2.24) is 10.6 Å². The Morgan fingerprint density at radius 1 is 0.778 bits per heavy atom. The number of hydrogen-bond acceptors (Lipinski definition) is 4. The molecule has 0 saturated heterocycles. The largest absolute Gasteiger partial charge is 0.481 e. The first-order chi connectivity index (χ1) is 8.54. The average molecular weight is 262 g/mol. The third-order valence-electron chi connectivity index (χ3n) is 2.13. The van der Waals surface area contributed by atoms with Gasteiger partial charge in [-0.2, -0.15) is 0 Å². The highest BCUT2D eigenvalue weighted by atomic mass is 16.4. The SMILES string of the molecule is CNCCCCC(=O)O.CNCCCCC(=O)O. The van der Waals surface area contributed by atoms with Crippen LogP contribution in [0.25, 0.3) is 0 Å². The lowest BCUT2D eigenvalue weighted by Crippen LogP contribution is -2.07. The van der Waals surface area contributed by atoms with Crippen molar-refractivity contribution in [3.63, 3.8) is 0 Å². The molecule has 0 bridgehead atoms. The van der Waals surface area contributed by atoms with Gasteiger partial charge in [0.2, 0.25) is 0 Å². The van der Waals surface area contributed by atoms with Crippen molar-refractivity contribution < 1.29 is 19.8 Å². The molecule has 0 fully saturated rings. The summed E-state index contributed by atoms with van der Waals surface area (Å²) in [5, 5.41) is 22.3. The summed E-state index contributed by atoms with van der Waals surface area (Å²) in [5.74, 6) is -1.41. The van der Waals surface area contributed by atoms with Crippen LogP contribution in [0.5, 0.6) is 0 Å². The summed E-state index contributed by atoms with van der Waals surface area (Å²) in [6.45, 7) is 1.82. The molecule has 0 aromatic carbocycles. The Kier molecular flexibility index (Phi) is 16.9. The second-order valence-corrected chi connectivity index (χ2v) is 3.91. The van der Waals surface area contributed by atoms with E-state index in [1.807, 2.05) is 14.1 Å². The van der Waals surface area contributed by atoms with Crippen LogP contribution in [0.15, 0.2) is 0 Å². The van der Waals surface area contributed by atoms with E-state index in [9.17, 15) is 9.59 Å². The van der Waals surface area contributed by atoms with Gasteiger partial charge in [-0.3, -0.25) is 9.59 Å². The number of carboxylic acid groups (broad SMARTS) is 2. The zero-order valence-corrected chi connectivity index (χ0v) is 11.4. The van der Waals surface area contributed by atoms with E-state index in [1.165, 1.54) is 0 Å². The molecule has 0 spiro atoms. The monoisotopic (exact) mass is 262 g/mol. The highest BCUT2D eigenvalue weighted by molar-refractivity contribution is 5.66. The molecule has 0 aliphatic rings. The Balaban J connectivity index is 0. The number of rotatable bonds is 10. The van der Waals surface area contributed by atoms with E-state index in [0.717, 1.165) is 38.8 Å². The van der Waals surface area contributed by atoms with E-state index in [4.69, 9.17) is 10.2 Å². The highest BCUT2D eigenvalue weighted by Gasteiger charge is 1.94. The van der Waals surface area contributed by atoms with Gasteiger partial charge in [-0.25, -0.2) is 0 Å². The first-order valence-electron chi connectivity index (χ1n) is 6.27. The minimum Gasteiger partial charge on any atom is -0.481 e. The van der Waals surface area contributed by atoms with Gasteiger partial charge in [-0.05, 0) is 52.9 Å². The molecule has 0 aliphatic carbocycles. The summed E-state index contributed by atoms with van der Waals surface area (Å²) in [6, 6.07) is 0. The molecule has 108 valence electrons.